The highest BCUT2D eigenvalue weighted by Gasteiger charge is 2.25. The highest BCUT2D eigenvalue weighted by atomic mass is 16.5. The molecule has 2 aliphatic rings. The van der Waals surface area contributed by atoms with Crippen molar-refractivity contribution in [1.82, 2.24) is 14.8 Å². The number of nitrogens with zero attached hydrogens (tertiary/aromatic N) is 3. The maximum atomic E-state index is 12.7. The summed E-state index contributed by atoms with van der Waals surface area (Å²) >= 11 is 0. The molecule has 3 heterocycles. The van der Waals surface area contributed by atoms with Gasteiger partial charge >= 0.3 is 0 Å². The Morgan fingerprint density at radius 2 is 1.97 bits per heavy atom. The smallest absolute Gasteiger partial charge is 0.260 e. The number of hydrogen-bond acceptors (Lipinski definition) is 5. The maximum absolute atomic E-state index is 12.7. The zero-order valence-electron chi connectivity index (χ0n) is 17.7. The van der Waals surface area contributed by atoms with E-state index in [1.165, 1.54) is 0 Å². The Morgan fingerprint density at radius 1 is 1.17 bits per heavy atom. The van der Waals surface area contributed by atoms with Gasteiger partial charge in [0.05, 0.1) is 18.9 Å². The molecule has 1 aromatic heterocycles. The first-order chi connectivity index (χ1) is 14.1. The molecule has 0 saturated carbocycles. The van der Waals surface area contributed by atoms with Crippen LogP contribution in [0.2, 0.25) is 0 Å². The Hall–Kier alpha value is -2.15. The van der Waals surface area contributed by atoms with Crippen LogP contribution < -0.4 is 4.74 Å². The molecule has 1 aromatic rings. The second kappa shape index (κ2) is 10.6. The highest BCUT2D eigenvalue weighted by molar-refractivity contribution is 5.78. The second-order valence-corrected chi connectivity index (χ2v) is 7.92. The molecule has 2 aliphatic heterocycles. The number of piperidine rings is 1. The van der Waals surface area contributed by atoms with E-state index in [-0.39, 0.29) is 18.4 Å². The molecule has 0 bridgehead atoms. The molecule has 7 nitrogen and oxygen atoms in total. The van der Waals surface area contributed by atoms with Crippen LogP contribution in [-0.4, -0.2) is 72.6 Å². The van der Waals surface area contributed by atoms with E-state index in [0.717, 1.165) is 43.6 Å². The summed E-state index contributed by atoms with van der Waals surface area (Å²) in [6.45, 7) is 8.15. The van der Waals surface area contributed by atoms with Crippen molar-refractivity contribution < 1.29 is 19.1 Å². The predicted molar refractivity (Wildman–Crippen MR) is 110 cm³/mol. The lowest BCUT2D eigenvalue weighted by Crippen LogP contribution is -2.43. The van der Waals surface area contributed by atoms with Gasteiger partial charge in [0.2, 0.25) is 5.91 Å². The van der Waals surface area contributed by atoms with Gasteiger partial charge in [-0.3, -0.25) is 14.6 Å². The van der Waals surface area contributed by atoms with E-state index in [2.05, 4.69) is 4.98 Å². The highest BCUT2D eigenvalue weighted by Crippen LogP contribution is 2.22. The SMILES string of the molecule is CCc1nc(C)ccc1OCC(=O)N1CCCC(CCC(=O)N2CCOCC2)C1. The summed E-state index contributed by atoms with van der Waals surface area (Å²) in [5.41, 5.74) is 1.84. The van der Waals surface area contributed by atoms with Crippen LogP contribution in [0, 0.1) is 12.8 Å². The first-order valence-electron chi connectivity index (χ1n) is 10.8. The molecule has 0 spiro atoms. The van der Waals surface area contributed by atoms with Crippen LogP contribution in [0.5, 0.6) is 5.75 Å². The number of rotatable bonds is 7. The van der Waals surface area contributed by atoms with Crippen LogP contribution >= 0.6 is 0 Å². The number of ether oxygens (including phenoxy) is 2. The zero-order chi connectivity index (χ0) is 20.6. The normalized spacial score (nSPS) is 19.9. The summed E-state index contributed by atoms with van der Waals surface area (Å²) in [5, 5.41) is 0. The van der Waals surface area contributed by atoms with Gasteiger partial charge in [0, 0.05) is 38.3 Å². The molecular weight excluding hydrogens is 370 g/mol. The molecule has 2 amide bonds. The van der Waals surface area contributed by atoms with E-state index >= 15 is 0 Å². The minimum Gasteiger partial charge on any atom is -0.482 e. The maximum Gasteiger partial charge on any atom is 0.260 e. The van der Waals surface area contributed by atoms with Crippen molar-refractivity contribution in [1.29, 1.82) is 0 Å². The topological polar surface area (TPSA) is 72.0 Å². The Kier molecular flexibility index (Phi) is 7.86. The van der Waals surface area contributed by atoms with Crippen LogP contribution in [0.1, 0.15) is 44.0 Å². The molecule has 3 rings (SSSR count). The van der Waals surface area contributed by atoms with E-state index in [1.54, 1.807) is 0 Å². The van der Waals surface area contributed by atoms with Gasteiger partial charge in [-0.1, -0.05) is 6.92 Å². The van der Waals surface area contributed by atoms with E-state index in [4.69, 9.17) is 9.47 Å². The molecule has 0 radical (unpaired) electrons. The van der Waals surface area contributed by atoms with E-state index in [0.29, 0.717) is 50.9 Å². The minimum absolute atomic E-state index is 0.0110. The Bertz CT molecular complexity index is 703. The lowest BCUT2D eigenvalue weighted by Gasteiger charge is -2.33. The van der Waals surface area contributed by atoms with E-state index in [9.17, 15) is 9.59 Å². The summed E-state index contributed by atoms with van der Waals surface area (Å²) in [4.78, 5) is 33.3. The largest absolute Gasteiger partial charge is 0.482 e. The van der Waals surface area contributed by atoms with Gasteiger partial charge in [-0.15, -0.1) is 0 Å². The summed E-state index contributed by atoms with van der Waals surface area (Å²) in [5.74, 6) is 1.29. The summed E-state index contributed by atoms with van der Waals surface area (Å²) < 4.78 is 11.1. The van der Waals surface area contributed by atoms with Crippen molar-refractivity contribution in [3.63, 3.8) is 0 Å². The Balaban J connectivity index is 1.44. The third-order valence-electron chi connectivity index (χ3n) is 5.76. The van der Waals surface area contributed by atoms with Gasteiger partial charge in [0.15, 0.2) is 6.61 Å². The number of likely N-dealkylation sites (tertiary alicyclic amines) is 1. The van der Waals surface area contributed by atoms with Gasteiger partial charge in [-0.2, -0.15) is 0 Å². The third kappa shape index (κ3) is 6.16. The number of morpholine rings is 1. The quantitative estimate of drug-likeness (QED) is 0.698. The number of aromatic nitrogens is 1. The van der Waals surface area contributed by atoms with Crippen molar-refractivity contribution in [2.24, 2.45) is 5.92 Å². The number of carbonyl (C=O) groups is 2. The van der Waals surface area contributed by atoms with Crippen LogP contribution in [0.3, 0.4) is 0 Å². The monoisotopic (exact) mass is 403 g/mol. The first-order valence-corrected chi connectivity index (χ1v) is 10.8. The average Bonchev–Trinajstić information content (AvgIpc) is 2.77. The lowest BCUT2D eigenvalue weighted by molar-refractivity contribution is -0.136. The summed E-state index contributed by atoms with van der Waals surface area (Å²) in [6, 6.07) is 3.80. The molecule has 1 unspecified atom stereocenters. The molecule has 160 valence electrons. The summed E-state index contributed by atoms with van der Waals surface area (Å²) in [7, 11) is 0. The van der Waals surface area contributed by atoms with Gasteiger partial charge in [0.1, 0.15) is 5.75 Å². The van der Waals surface area contributed by atoms with Crippen molar-refractivity contribution in [2.75, 3.05) is 46.0 Å². The number of hydrogen-bond donors (Lipinski definition) is 0. The van der Waals surface area contributed by atoms with Crippen LogP contribution in [-0.2, 0) is 20.7 Å². The molecule has 1 atom stereocenters. The molecular formula is C22H33N3O4. The van der Waals surface area contributed by atoms with E-state index in [1.807, 2.05) is 35.8 Å². The fraction of sp³-hybridized carbons (Fsp3) is 0.682. The number of pyridine rings is 1. The fourth-order valence-electron chi connectivity index (χ4n) is 4.04. The minimum atomic E-state index is 0.0110. The molecule has 0 aromatic carbocycles. The van der Waals surface area contributed by atoms with Crippen LogP contribution in [0.25, 0.3) is 0 Å². The predicted octanol–water partition coefficient (Wildman–Crippen LogP) is 2.21. The number of aryl methyl sites for hydroxylation is 2. The first kappa shape index (κ1) is 21.6. The Labute approximate surface area is 173 Å². The fourth-order valence-corrected chi connectivity index (χ4v) is 4.04. The summed E-state index contributed by atoms with van der Waals surface area (Å²) in [6.07, 6.45) is 4.21. The van der Waals surface area contributed by atoms with Crippen molar-refractivity contribution >= 4 is 11.8 Å². The van der Waals surface area contributed by atoms with Gasteiger partial charge in [-0.25, -0.2) is 0 Å². The molecule has 0 N–H and O–H groups in total. The van der Waals surface area contributed by atoms with Crippen molar-refractivity contribution in [3.8, 4) is 5.75 Å². The van der Waals surface area contributed by atoms with Crippen molar-refractivity contribution in [2.45, 2.75) is 46.0 Å². The van der Waals surface area contributed by atoms with Gasteiger partial charge < -0.3 is 19.3 Å². The van der Waals surface area contributed by atoms with Crippen molar-refractivity contribution in [3.05, 3.63) is 23.5 Å². The second-order valence-electron chi connectivity index (χ2n) is 7.92. The van der Waals surface area contributed by atoms with Crippen LogP contribution in [0.15, 0.2) is 12.1 Å². The Morgan fingerprint density at radius 3 is 2.72 bits per heavy atom. The molecule has 2 fully saturated rings. The van der Waals surface area contributed by atoms with Crippen LogP contribution in [0.4, 0.5) is 0 Å². The molecule has 2 saturated heterocycles. The number of carbonyl (C=O) groups excluding carboxylic acids is 2. The molecule has 29 heavy (non-hydrogen) atoms. The third-order valence-corrected chi connectivity index (χ3v) is 5.76. The average molecular weight is 404 g/mol. The molecule has 0 aliphatic carbocycles. The number of amides is 2. The van der Waals surface area contributed by atoms with Gasteiger partial charge in [0.25, 0.3) is 5.91 Å². The zero-order valence-corrected chi connectivity index (χ0v) is 17.7. The van der Waals surface area contributed by atoms with Gasteiger partial charge in [-0.05, 0) is 50.7 Å². The standard InChI is InChI=1S/C22H33N3O4/c1-3-19-20(8-6-17(2)23-19)29-16-22(27)25-10-4-5-18(15-25)7-9-21(26)24-11-13-28-14-12-24/h6,8,18H,3-5,7,9-16H2,1-2H3. The molecule has 7 heteroatoms. The lowest BCUT2D eigenvalue weighted by atomic mass is 9.93. The van der Waals surface area contributed by atoms with E-state index < -0.39 is 0 Å².